The van der Waals surface area contributed by atoms with Gasteiger partial charge in [-0.3, -0.25) is 0 Å². The molecule has 2 N–H and O–H groups in total. The summed E-state index contributed by atoms with van der Waals surface area (Å²) in [4.78, 5) is -0.271. The standard InChI is InChI=1S/C11H14F3NO3S/c1-2-9(7-16)15-19(17,18)10-5-3-8(4-6-10)11(12,13)14/h3-6,9,15-16H,2,7H2,1H3/t9-/m1/s1. The molecule has 0 bridgehead atoms. The van der Waals surface area contributed by atoms with Crippen LogP contribution in [0.5, 0.6) is 0 Å². The van der Waals surface area contributed by atoms with E-state index in [2.05, 4.69) is 4.72 Å². The fraction of sp³-hybridized carbons (Fsp3) is 0.455. The van der Waals surface area contributed by atoms with Crippen molar-refractivity contribution in [3.05, 3.63) is 29.8 Å². The molecule has 0 saturated heterocycles. The Bertz CT molecular complexity index is 507. The summed E-state index contributed by atoms with van der Waals surface area (Å²) >= 11 is 0. The zero-order valence-electron chi connectivity index (χ0n) is 10.1. The van der Waals surface area contributed by atoms with Crippen molar-refractivity contribution in [2.45, 2.75) is 30.5 Å². The van der Waals surface area contributed by atoms with Gasteiger partial charge >= 0.3 is 6.18 Å². The van der Waals surface area contributed by atoms with Gasteiger partial charge in [-0.15, -0.1) is 0 Å². The van der Waals surface area contributed by atoms with Crippen molar-refractivity contribution in [2.24, 2.45) is 0 Å². The van der Waals surface area contributed by atoms with Gasteiger partial charge in [-0.1, -0.05) is 6.92 Å². The Labute approximate surface area is 109 Å². The lowest BCUT2D eigenvalue weighted by Crippen LogP contribution is -2.36. The van der Waals surface area contributed by atoms with Crippen molar-refractivity contribution in [1.82, 2.24) is 4.72 Å². The molecule has 0 spiro atoms. The van der Waals surface area contributed by atoms with Crippen LogP contribution in [-0.2, 0) is 16.2 Å². The van der Waals surface area contributed by atoms with E-state index in [1.54, 1.807) is 6.92 Å². The van der Waals surface area contributed by atoms with Crippen molar-refractivity contribution in [1.29, 1.82) is 0 Å². The van der Waals surface area contributed by atoms with Gasteiger partial charge in [0.2, 0.25) is 10.0 Å². The second kappa shape index (κ2) is 5.89. The predicted molar refractivity (Wildman–Crippen MR) is 62.9 cm³/mol. The van der Waals surface area contributed by atoms with Gasteiger partial charge in [0.1, 0.15) is 0 Å². The summed E-state index contributed by atoms with van der Waals surface area (Å²) in [6.07, 6.45) is -4.14. The molecule has 1 rings (SSSR count). The highest BCUT2D eigenvalue weighted by molar-refractivity contribution is 7.89. The minimum absolute atomic E-state index is 0.271. The lowest BCUT2D eigenvalue weighted by molar-refractivity contribution is -0.137. The topological polar surface area (TPSA) is 66.4 Å². The third kappa shape index (κ3) is 4.19. The van der Waals surface area contributed by atoms with E-state index in [4.69, 9.17) is 5.11 Å². The van der Waals surface area contributed by atoms with Crippen molar-refractivity contribution >= 4 is 10.0 Å². The van der Waals surface area contributed by atoms with E-state index in [1.807, 2.05) is 0 Å². The molecule has 0 amide bonds. The third-order valence-electron chi connectivity index (χ3n) is 2.53. The van der Waals surface area contributed by atoms with E-state index >= 15 is 0 Å². The highest BCUT2D eigenvalue weighted by Gasteiger charge is 2.30. The quantitative estimate of drug-likeness (QED) is 0.870. The van der Waals surface area contributed by atoms with Crippen molar-refractivity contribution in [2.75, 3.05) is 6.61 Å². The molecule has 1 atom stereocenters. The van der Waals surface area contributed by atoms with E-state index in [9.17, 15) is 21.6 Å². The van der Waals surface area contributed by atoms with Gasteiger partial charge in [0.05, 0.1) is 17.1 Å². The minimum Gasteiger partial charge on any atom is -0.395 e. The molecule has 0 aliphatic heterocycles. The summed E-state index contributed by atoms with van der Waals surface area (Å²) in [6.45, 7) is 1.30. The Morgan fingerprint density at radius 1 is 1.26 bits per heavy atom. The molecule has 0 aliphatic rings. The molecule has 0 aliphatic carbocycles. The van der Waals surface area contributed by atoms with Crippen LogP contribution in [0.4, 0.5) is 13.2 Å². The largest absolute Gasteiger partial charge is 0.416 e. The third-order valence-corrected chi connectivity index (χ3v) is 4.06. The van der Waals surface area contributed by atoms with Gasteiger partial charge in [-0.25, -0.2) is 13.1 Å². The maximum absolute atomic E-state index is 12.3. The maximum Gasteiger partial charge on any atom is 0.416 e. The number of aliphatic hydroxyl groups is 1. The number of nitrogens with one attached hydrogen (secondary N) is 1. The molecular weight excluding hydrogens is 283 g/mol. The Morgan fingerprint density at radius 2 is 1.79 bits per heavy atom. The number of alkyl halides is 3. The van der Waals surface area contributed by atoms with Crippen LogP contribution in [-0.4, -0.2) is 26.2 Å². The first-order valence-electron chi connectivity index (χ1n) is 5.51. The van der Waals surface area contributed by atoms with Crippen LogP contribution in [0.25, 0.3) is 0 Å². The highest BCUT2D eigenvalue weighted by Crippen LogP contribution is 2.29. The Hall–Kier alpha value is -1.12. The van der Waals surface area contributed by atoms with Crippen molar-refractivity contribution in [3.8, 4) is 0 Å². The van der Waals surface area contributed by atoms with Gasteiger partial charge in [0, 0.05) is 6.04 Å². The molecule has 0 heterocycles. The highest BCUT2D eigenvalue weighted by atomic mass is 32.2. The first-order chi connectivity index (χ1) is 8.70. The first-order valence-corrected chi connectivity index (χ1v) is 6.99. The van der Waals surface area contributed by atoms with Gasteiger partial charge in [0.15, 0.2) is 0 Å². The Balaban J connectivity index is 2.97. The smallest absolute Gasteiger partial charge is 0.395 e. The average molecular weight is 297 g/mol. The zero-order chi connectivity index (χ0) is 14.7. The lowest BCUT2D eigenvalue weighted by atomic mass is 10.2. The Morgan fingerprint density at radius 3 is 2.16 bits per heavy atom. The van der Waals surface area contributed by atoms with Crippen LogP contribution in [0.1, 0.15) is 18.9 Å². The number of hydrogen-bond acceptors (Lipinski definition) is 3. The van der Waals surface area contributed by atoms with E-state index in [0.717, 1.165) is 12.1 Å². The van der Waals surface area contributed by atoms with Crippen LogP contribution >= 0.6 is 0 Å². The lowest BCUT2D eigenvalue weighted by Gasteiger charge is -2.14. The summed E-state index contributed by atoms with van der Waals surface area (Å²) in [5.74, 6) is 0. The molecule has 0 radical (unpaired) electrons. The molecule has 0 saturated carbocycles. The average Bonchev–Trinajstić information content (AvgIpc) is 2.35. The number of sulfonamides is 1. The molecular formula is C11H14F3NO3S. The fourth-order valence-corrected chi connectivity index (χ4v) is 2.67. The fourth-order valence-electron chi connectivity index (χ4n) is 1.36. The maximum atomic E-state index is 12.3. The molecule has 4 nitrogen and oxygen atoms in total. The van der Waals surface area contributed by atoms with Crippen LogP contribution in [0.15, 0.2) is 29.2 Å². The summed E-state index contributed by atoms with van der Waals surface area (Å²) in [7, 11) is -3.92. The predicted octanol–water partition coefficient (Wildman–Crippen LogP) is 1.75. The van der Waals surface area contributed by atoms with Gasteiger partial charge in [-0.05, 0) is 30.7 Å². The van der Waals surface area contributed by atoms with E-state index in [0.29, 0.717) is 18.6 Å². The van der Waals surface area contributed by atoms with Gasteiger partial charge in [-0.2, -0.15) is 13.2 Å². The molecule has 1 aromatic carbocycles. The summed E-state index contributed by atoms with van der Waals surface area (Å²) < 4.78 is 62.9. The number of aliphatic hydroxyl groups excluding tert-OH is 1. The van der Waals surface area contributed by atoms with Gasteiger partial charge < -0.3 is 5.11 Å². The van der Waals surface area contributed by atoms with E-state index < -0.39 is 27.8 Å². The molecule has 0 unspecified atom stereocenters. The van der Waals surface area contributed by atoms with Crippen LogP contribution in [0.2, 0.25) is 0 Å². The molecule has 0 fully saturated rings. The molecule has 1 aromatic rings. The van der Waals surface area contributed by atoms with Crippen LogP contribution in [0.3, 0.4) is 0 Å². The number of halogens is 3. The molecule has 108 valence electrons. The number of benzene rings is 1. The Kier molecular flexibility index (Phi) is 4.94. The van der Waals surface area contributed by atoms with E-state index in [-0.39, 0.29) is 11.5 Å². The van der Waals surface area contributed by atoms with Crippen molar-refractivity contribution < 1.29 is 26.7 Å². The summed E-state index contributed by atoms with van der Waals surface area (Å²) in [5, 5.41) is 8.91. The summed E-state index contributed by atoms with van der Waals surface area (Å²) in [6, 6.07) is 2.51. The molecule has 8 heteroatoms. The number of rotatable bonds is 5. The van der Waals surface area contributed by atoms with E-state index in [1.165, 1.54) is 0 Å². The zero-order valence-corrected chi connectivity index (χ0v) is 10.9. The minimum atomic E-state index is -4.51. The molecule has 0 aromatic heterocycles. The second-order valence-corrected chi connectivity index (χ2v) is 5.65. The molecule has 19 heavy (non-hydrogen) atoms. The summed E-state index contributed by atoms with van der Waals surface area (Å²) in [5.41, 5.74) is -0.916. The van der Waals surface area contributed by atoms with Crippen LogP contribution in [0, 0.1) is 0 Å². The van der Waals surface area contributed by atoms with Crippen molar-refractivity contribution in [3.63, 3.8) is 0 Å². The van der Waals surface area contributed by atoms with Gasteiger partial charge in [0.25, 0.3) is 0 Å². The van der Waals surface area contributed by atoms with Crippen LogP contribution < -0.4 is 4.72 Å². The normalized spacial score (nSPS) is 14.4. The SMILES string of the molecule is CC[C@H](CO)NS(=O)(=O)c1ccc(C(F)(F)F)cc1. The number of hydrogen-bond donors (Lipinski definition) is 2. The second-order valence-electron chi connectivity index (χ2n) is 3.93. The monoisotopic (exact) mass is 297 g/mol. The first kappa shape index (κ1) is 15.9.